The van der Waals surface area contributed by atoms with Gasteiger partial charge in [-0.15, -0.1) is 0 Å². The standard InChI is InChI=1S/C31H36O4Si/c1-31(2,3)36(5,6)35-28-20-18-24(22-29(28)34-4)17-19-27(32)26(21-23-13-9-7-10-14-23)30(33)25-15-11-8-12-16-25/h7-20,22,26H,21H2,1-6H3/b19-17+. The normalized spacial score (nSPS) is 12.8. The van der Waals surface area contributed by atoms with Crippen molar-refractivity contribution >= 4 is 26.0 Å². The summed E-state index contributed by atoms with van der Waals surface area (Å²) < 4.78 is 12.0. The van der Waals surface area contributed by atoms with Crippen LogP contribution in [0.25, 0.3) is 6.08 Å². The summed E-state index contributed by atoms with van der Waals surface area (Å²) in [5, 5.41) is 0.0576. The second-order valence-electron chi connectivity index (χ2n) is 10.5. The summed E-state index contributed by atoms with van der Waals surface area (Å²) in [5.41, 5.74) is 2.28. The lowest BCUT2D eigenvalue weighted by molar-refractivity contribution is -0.116. The molecule has 0 heterocycles. The number of hydrogen-bond acceptors (Lipinski definition) is 4. The number of rotatable bonds is 10. The highest BCUT2D eigenvalue weighted by atomic mass is 28.4. The molecule has 4 nitrogen and oxygen atoms in total. The molecule has 0 amide bonds. The predicted molar refractivity (Wildman–Crippen MR) is 149 cm³/mol. The molecular weight excluding hydrogens is 464 g/mol. The van der Waals surface area contributed by atoms with E-state index in [1.165, 1.54) is 6.08 Å². The first-order valence-electron chi connectivity index (χ1n) is 12.2. The van der Waals surface area contributed by atoms with Crippen molar-refractivity contribution in [1.82, 2.24) is 0 Å². The lowest BCUT2D eigenvalue weighted by Crippen LogP contribution is -2.43. The van der Waals surface area contributed by atoms with Gasteiger partial charge in [-0.2, -0.15) is 0 Å². The molecule has 36 heavy (non-hydrogen) atoms. The van der Waals surface area contributed by atoms with Gasteiger partial charge in [0.15, 0.2) is 17.3 Å². The SMILES string of the molecule is COc1cc(/C=C/C(=O)C(Cc2ccccc2)C(=O)c2ccccc2)ccc1O[Si](C)(C)C(C)(C)C. The number of Topliss-reactive ketones (excluding diaryl/α,β-unsaturated/α-hetero) is 1. The van der Waals surface area contributed by atoms with Crippen LogP contribution in [0.2, 0.25) is 18.1 Å². The van der Waals surface area contributed by atoms with E-state index in [1.54, 1.807) is 25.3 Å². The molecule has 1 atom stereocenters. The third-order valence-corrected chi connectivity index (χ3v) is 11.1. The Morgan fingerprint density at radius 2 is 1.50 bits per heavy atom. The van der Waals surface area contributed by atoms with Crippen LogP contribution in [-0.2, 0) is 11.2 Å². The molecule has 1 unspecified atom stereocenters. The van der Waals surface area contributed by atoms with Crippen molar-refractivity contribution in [2.75, 3.05) is 7.11 Å². The van der Waals surface area contributed by atoms with Gasteiger partial charge in [-0.25, -0.2) is 0 Å². The topological polar surface area (TPSA) is 52.6 Å². The molecule has 0 fully saturated rings. The molecule has 0 aliphatic heterocycles. The van der Waals surface area contributed by atoms with Gasteiger partial charge in [0.2, 0.25) is 0 Å². The third kappa shape index (κ3) is 6.82. The Morgan fingerprint density at radius 1 is 0.889 bits per heavy atom. The Hall–Kier alpha value is -3.44. The average Bonchev–Trinajstić information content (AvgIpc) is 2.86. The van der Waals surface area contributed by atoms with Crippen molar-refractivity contribution in [3.8, 4) is 11.5 Å². The van der Waals surface area contributed by atoms with Crippen molar-refractivity contribution in [3.05, 3.63) is 102 Å². The van der Waals surface area contributed by atoms with E-state index in [4.69, 9.17) is 9.16 Å². The Labute approximate surface area is 216 Å². The zero-order valence-electron chi connectivity index (χ0n) is 22.1. The maximum Gasteiger partial charge on any atom is 0.250 e. The second-order valence-corrected chi connectivity index (χ2v) is 15.2. The molecule has 0 radical (unpaired) electrons. The van der Waals surface area contributed by atoms with E-state index >= 15 is 0 Å². The van der Waals surface area contributed by atoms with Gasteiger partial charge in [0.1, 0.15) is 5.75 Å². The van der Waals surface area contributed by atoms with Crippen LogP contribution in [0.4, 0.5) is 0 Å². The molecule has 0 aliphatic rings. The summed E-state index contributed by atoms with van der Waals surface area (Å²) in [6.45, 7) is 11.0. The molecule has 188 valence electrons. The van der Waals surface area contributed by atoms with E-state index in [2.05, 4.69) is 33.9 Å². The van der Waals surface area contributed by atoms with Gasteiger partial charge in [0.05, 0.1) is 13.0 Å². The van der Waals surface area contributed by atoms with Crippen LogP contribution in [-0.4, -0.2) is 27.0 Å². The van der Waals surface area contributed by atoms with Gasteiger partial charge in [-0.05, 0) is 53.9 Å². The van der Waals surface area contributed by atoms with Gasteiger partial charge in [-0.1, -0.05) is 93.6 Å². The molecule has 3 aromatic rings. The van der Waals surface area contributed by atoms with E-state index < -0.39 is 14.2 Å². The number of allylic oxidation sites excluding steroid dienone is 1. The molecule has 0 N–H and O–H groups in total. The van der Waals surface area contributed by atoms with E-state index in [9.17, 15) is 9.59 Å². The molecule has 3 rings (SSSR count). The molecule has 0 bridgehead atoms. The van der Waals surface area contributed by atoms with Crippen LogP contribution in [0.1, 0.15) is 42.3 Å². The molecule has 0 aliphatic carbocycles. The highest BCUT2D eigenvalue weighted by molar-refractivity contribution is 6.74. The lowest BCUT2D eigenvalue weighted by atomic mass is 9.87. The Kier molecular flexibility index (Phi) is 8.69. The van der Waals surface area contributed by atoms with Crippen LogP contribution in [0, 0.1) is 5.92 Å². The van der Waals surface area contributed by atoms with Gasteiger partial charge < -0.3 is 9.16 Å². The summed E-state index contributed by atoms with van der Waals surface area (Å²) in [4.78, 5) is 26.6. The van der Waals surface area contributed by atoms with Crippen LogP contribution in [0.15, 0.2) is 84.9 Å². The summed E-state index contributed by atoms with van der Waals surface area (Å²) in [7, 11) is -0.422. The van der Waals surface area contributed by atoms with Crippen molar-refractivity contribution < 1.29 is 18.8 Å². The number of carbonyl (C=O) groups excluding carboxylic acids is 2. The minimum Gasteiger partial charge on any atom is -0.541 e. The molecule has 0 saturated heterocycles. The Bertz CT molecular complexity index is 1210. The molecule has 0 saturated carbocycles. The highest BCUT2D eigenvalue weighted by Gasteiger charge is 2.39. The molecular formula is C31H36O4Si. The van der Waals surface area contributed by atoms with E-state index in [1.807, 2.05) is 66.7 Å². The fourth-order valence-electron chi connectivity index (χ4n) is 3.57. The van der Waals surface area contributed by atoms with E-state index in [0.717, 1.165) is 11.1 Å². The zero-order valence-corrected chi connectivity index (χ0v) is 23.1. The van der Waals surface area contributed by atoms with Crippen molar-refractivity contribution in [2.24, 2.45) is 5.92 Å². The minimum absolute atomic E-state index is 0.0576. The molecule has 3 aromatic carbocycles. The predicted octanol–water partition coefficient (Wildman–Crippen LogP) is 7.40. The number of hydrogen-bond donors (Lipinski definition) is 0. The first-order chi connectivity index (χ1) is 17.0. The zero-order chi connectivity index (χ0) is 26.3. The number of ether oxygens (including phenoxy) is 1. The van der Waals surface area contributed by atoms with Crippen molar-refractivity contribution in [2.45, 2.75) is 45.3 Å². The highest BCUT2D eigenvalue weighted by Crippen LogP contribution is 2.40. The number of benzene rings is 3. The van der Waals surface area contributed by atoms with Crippen LogP contribution < -0.4 is 9.16 Å². The first kappa shape index (κ1) is 27.1. The maximum absolute atomic E-state index is 13.3. The van der Waals surface area contributed by atoms with Gasteiger partial charge in [-0.3, -0.25) is 9.59 Å². The van der Waals surface area contributed by atoms with E-state index in [-0.39, 0.29) is 16.6 Å². The number of methoxy groups -OCH3 is 1. The lowest BCUT2D eigenvalue weighted by Gasteiger charge is -2.36. The maximum atomic E-state index is 13.3. The van der Waals surface area contributed by atoms with Gasteiger partial charge >= 0.3 is 0 Å². The summed E-state index contributed by atoms with van der Waals surface area (Å²) in [6.07, 6.45) is 3.58. The fraction of sp³-hybridized carbons (Fsp3) is 0.290. The molecule has 5 heteroatoms. The summed E-state index contributed by atoms with van der Waals surface area (Å²) in [6, 6.07) is 24.3. The Balaban J connectivity index is 1.84. The largest absolute Gasteiger partial charge is 0.541 e. The van der Waals surface area contributed by atoms with Gasteiger partial charge in [0, 0.05) is 5.56 Å². The Morgan fingerprint density at radius 3 is 2.08 bits per heavy atom. The summed E-state index contributed by atoms with van der Waals surface area (Å²) in [5.74, 6) is 0.122. The quantitative estimate of drug-likeness (QED) is 0.126. The summed E-state index contributed by atoms with van der Waals surface area (Å²) >= 11 is 0. The molecule has 0 aromatic heterocycles. The van der Waals surface area contributed by atoms with E-state index in [0.29, 0.717) is 23.5 Å². The fourth-order valence-corrected chi connectivity index (χ4v) is 4.60. The number of ketones is 2. The number of carbonyl (C=O) groups is 2. The average molecular weight is 501 g/mol. The minimum atomic E-state index is -2.03. The van der Waals surface area contributed by atoms with Crippen LogP contribution in [0.3, 0.4) is 0 Å². The molecule has 0 spiro atoms. The first-order valence-corrected chi connectivity index (χ1v) is 15.1. The monoisotopic (exact) mass is 500 g/mol. The van der Waals surface area contributed by atoms with Crippen LogP contribution in [0.5, 0.6) is 11.5 Å². The van der Waals surface area contributed by atoms with Crippen molar-refractivity contribution in [1.29, 1.82) is 0 Å². The smallest absolute Gasteiger partial charge is 0.250 e. The van der Waals surface area contributed by atoms with Crippen molar-refractivity contribution in [3.63, 3.8) is 0 Å². The van der Waals surface area contributed by atoms with Gasteiger partial charge in [0.25, 0.3) is 8.32 Å². The third-order valence-electron chi connectivity index (χ3n) is 6.80. The second kappa shape index (κ2) is 11.5. The van der Waals surface area contributed by atoms with Crippen LogP contribution >= 0.6 is 0 Å².